The lowest BCUT2D eigenvalue weighted by Gasteiger charge is -2.37. The molecule has 2 N–H and O–H groups in total. The minimum atomic E-state index is 0.639. The van der Waals surface area contributed by atoms with Crippen molar-refractivity contribution < 1.29 is 0 Å². The highest BCUT2D eigenvalue weighted by Gasteiger charge is 2.26. The number of hydrogen-bond acceptors (Lipinski definition) is 3. The van der Waals surface area contributed by atoms with Gasteiger partial charge < -0.3 is 10.6 Å². The van der Waals surface area contributed by atoms with Crippen molar-refractivity contribution in [1.82, 2.24) is 14.7 Å². The lowest BCUT2D eigenvalue weighted by molar-refractivity contribution is 0.189. The molecule has 1 fully saturated rings. The Morgan fingerprint density at radius 3 is 2.58 bits per heavy atom. The third kappa shape index (κ3) is 2.17. The number of halogens is 1. The molecule has 0 spiro atoms. The molecule has 0 radical (unpaired) electrons. The van der Waals surface area contributed by atoms with Crippen LogP contribution in [0.1, 0.15) is 11.5 Å². The Bertz CT molecular complexity index is 614. The normalized spacial score (nSPS) is 16.6. The van der Waals surface area contributed by atoms with Gasteiger partial charge in [0.05, 0.1) is 6.20 Å². The summed E-state index contributed by atoms with van der Waals surface area (Å²) in [4.78, 5) is 2.32. The molecule has 1 saturated heterocycles. The molecule has 5 heteroatoms. The van der Waals surface area contributed by atoms with Crippen LogP contribution in [0.25, 0.3) is 11.1 Å². The molecule has 1 aromatic carbocycles. The van der Waals surface area contributed by atoms with Crippen LogP contribution >= 0.6 is 15.9 Å². The molecule has 0 bridgehead atoms. The number of benzene rings is 1. The smallest absolute Gasteiger partial charge is 0.129 e. The molecule has 1 aliphatic rings. The Balaban J connectivity index is 1.93. The van der Waals surface area contributed by atoms with Crippen molar-refractivity contribution in [3.8, 4) is 11.1 Å². The maximum absolute atomic E-state index is 6.02. The molecular formula is C14H17BrN4. The molecule has 2 heterocycles. The quantitative estimate of drug-likeness (QED) is 0.924. The summed E-state index contributed by atoms with van der Waals surface area (Å²) in [5.74, 6) is 1.34. The van der Waals surface area contributed by atoms with Gasteiger partial charge in [-0.15, -0.1) is 0 Å². The summed E-state index contributed by atoms with van der Waals surface area (Å²) in [7, 11) is 4.00. The third-order valence-electron chi connectivity index (χ3n) is 3.80. The van der Waals surface area contributed by atoms with Crippen molar-refractivity contribution in [3.05, 3.63) is 34.4 Å². The zero-order chi connectivity index (χ0) is 13.6. The second kappa shape index (κ2) is 4.65. The van der Waals surface area contributed by atoms with Crippen LogP contribution in [0.5, 0.6) is 0 Å². The zero-order valence-electron chi connectivity index (χ0n) is 11.1. The van der Waals surface area contributed by atoms with Crippen molar-refractivity contribution >= 4 is 21.7 Å². The van der Waals surface area contributed by atoms with Crippen LogP contribution in [-0.4, -0.2) is 34.8 Å². The summed E-state index contributed by atoms with van der Waals surface area (Å²) < 4.78 is 2.85. The van der Waals surface area contributed by atoms with Crippen LogP contribution in [0.15, 0.2) is 28.9 Å². The van der Waals surface area contributed by atoms with Gasteiger partial charge in [0, 0.05) is 36.1 Å². The fraction of sp³-hybridized carbons (Fsp3) is 0.357. The number of aromatic nitrogens is 2. The second-order valence-corrected chi connectivity index (χ2v) is 6.08. The summed E-state index contributed by atoms with van der Waals surface area (Å²) in [5.41, 5.74) is 9.49. The molecule has 2 aromatic rings. The zero-order valence-corrected chi connectivity index (χ0v) is 12.7. The van der Waals surface area contributed by atoms with Crippen LogP contribution in [0.4, 0.5) is 5.82 Å². The molecule has 1 aliphatic heterocycles. The third-order valence-corrected chi connectivity index (χ3v) is 4.49. The predicted molar refractivity (Wildman–Crippen MR) is 81.0 cm³/mol. The summed E-state index contributed by atoms with van der Waals surface area (Å²) >= 11 is 3.68. The largest absolute Gasteiger partial charge is 0.383 e. The van der Waals surface area contributed by atoms with E-state index in [9.17, 15) is 0 Å². The maximum Gasteiger partial charge on any atom is 0.129 e. The van der Waals surface area contributed by atoms with Gasteiger partial charge in [0.1, 0.15) is 5.82 Å². The van der Waals surface area contributed by atoms with E-state index in [0.717, 1.165) is 28.7 Å². The first-order valence-corrected chi connectivity index (χ1v) is 7.11. The number of aryl methyl sites for hydroxylation is 1. The molecule has 0 unspecified atom stereocenters. The van der Waals surface area contributed by atoms with Crippen molar-refractivity contribution in [2.24, 2.45) is 7.05 Å². The first-order chi connectivity index (χ1) is 9.06. The molecule has 0 saturated carbocycles. The van der Waals surface area contributed by atoms with Gasteiger partial charge >= 0.3 is 0 Å². The van der Waals surface area contributed by atoms with Crippen LogP contribution in [0.3, 0.4) is 0 Å². The minimum Gasteiger partial charge on any atom is -0.383 e. The van der Waals surface area contributed by atoms with E-state index in [1.807, 2.05) is 13.2 Å². The SMILES string of the molecule is CN1CC(c2ccc(-c3cnn(C)c3N)cc2Br)C1. The van der Waals surface area contributed by atoms with Crippen molar-refractivity contribution in [2.45, 2.75) is 5.92 Å². The van der Waals surface area contributed by atoms with E-state index in [4.69, 9.17) is 5.73 Å². The van der Waals surface area contributed by atoms with E-state index in [1.165, 1.54) is 5.56 Å². The first-order valence-electron chi connectivity index (χ1n) is 6.32. The van der Waals surface area contributed by atoms with Gasteiger partial charge in [0.2, 0.25) is 0 Å². The van der Waals surface area contributed by atoms with Crippen molar-refractivity contribution in [1.29, 1.82) is 0 Å². The van der Waals surface area contributed by atoms with Gasteiger partial charge in [0.15, 0.2) is 0 Å². The molecular weight excluding hydrogens is 304 g/mol. The first kappa shape index (κ1) is 12.7. The average molecular weight is 321 g/mol. The van der Waals surface area contributed by atoms with E-state index >= 15 is 0 Å². The van der Waals surface area contributed by atoms with Crippen molar-refractivity contribution in [2.75, 3.05) is 25.9 Å². The monoisotopic (exact) mass is 320 g/mol. The van der Waals surface area contributed by atoms with Gasteiger partial charge in [-0.05, 0) is 24.2 Å². The molecule has 0 amide bonds. The average Bonchev–Trinajstić information content (AvgIpc) is 2.67. The Morgan fingerprint density at radius 2 is 2.05 bits per heavy atom. The number of anilines is 1. The van der Waals surface area contributed by atoms with Gasteiger partial charge in [-0.25, -0.2) is 0 Å². The fourth-order valence-corrected chi connectivity index (χ4v) is 3.29. The van der Waals surface area contributed by atoms with E-state index in [0.29, 0.717) is 11.7 Å². The van der Waals surface area contributed by atoms with E-state index in [-0.39, 0.29) is 0 Å². The molecule has 1 aromatic heterocycles. The molecule has 100 valence electrons. The standard InChI is InChI=1S/C14H17BrN4/c1-18-7-10(8-18)11-4-3-9(5-13(11)15)12-6-17-19(2)14(12)16/h3-6,10H,7-8,16H2,1-2H3. The minimum absolute atomic E-state index is 0.639. The van der Waals surface area contributed by atoms with Crippen LogP contribution in [0, 0.1) is 0 Å². The summed E-state index contributed by atoms with van der Waals surface area (Å²) in [5, 5.41) is 4.19. The Labute approximate surface area is 121 Å². The van der Waals surface area contributed by atoms with Gasteiger partial charge in [-0.3, -0.25) is 4.68 Å². The maximum atomic E-state index is 6.02. The number of nitrogen functional groups attached to an aromatic ring is 1. The van der Waals surface area contributed by atoms with Crippen LogP contribution < -0.4 is 5.73 Å². The number of likely N-dealkylation sites (tertiary alicyclic amines) is 1. The summed E-state index contributed by atoms with van der Waals surface area (Å²) in [6.45, 7) is 2.26. The molecule has 4 nitrogen and oxygen atoms in total. The van der Waals surface area contributed by atoms with Gasteiger partial charge in [-0.2, -0.15) is 5.10 Å². The van der Waals surface area contributed by atoms with Crippen molar-refractivity contribution in [3.63, 3.8) is 0 Å². The van der Waals surface area contributed by atoms with E-state index in [1.54, 1.807) is 4.68 Å². The highest BCUT2D eigenvalue weighted by atomic mass is 79.9. The van der Waals surface area contributed by atoms with E-state index in [2.05, 4.69) is 51.2 Å². The molecule has 0 atom stereocenters. The number of likely N-dealkylation sites (N-methyl/N-ethyl adjacent to an activating group) is 1. The Hall–Kier alpha value is -1.33. The Morgan fingerprint density at radius 1 is 1.32 bits per heavy atom. The van der Waals surface area contributed by atoms with Crippen LogP contribution in [0.2, 0.25) is 0 Å². The Kier molecular flexibility index (Phi) is 3.11. The fourth-order valence-electron chi connectivity index (χ4n) is 2.59. The lowest BCUT2D eigenvalue weighted by Crippen LogP contribution is -2.41. The number of nitrogens with two attached hydrogens (primary N) is 1. The van der Waals surface area contributed by atoms with Crippen LogP contribution in [-0.2, 0) is 7.05 Å². The topological polar surface area (TPSA) is 47.1 Å². The summed E-state index contributed by atoms with van der Waals surface area (Å²) in [6, 6.07) is 6.47. The van der Waals surface area contributed by atoms with E-state index < -0.39 is 0 Å². The highest BCUT2D eigenvalue weighted by molar-refractivity contribution is 9.10. The predicted octanol–water partition coefficient (Wildman–Crippen LogP) is 2.46. The molecule has 0 aliphatic carbocycles. The molecule has 19 heavy (non-hydrogen) atoms. The number of rotatable bonds is 2. The number of hydrogen-bond donors (Lipinski definition) is 1. The number of nitrogens with zero attached hydrogens (tertiary/aromatic N) is 3. The van der Waals surface area contributed by atoms with Gasteiger partial charge in [-0.1, -0.05) is 28.1 Å². The molecule has 3 rings (SSSR count). The second-order valence-electron chi connectivity index (χ2n) is 5.22. The lowest BCUT2D eigenvalue weighted by atomic mass is 9.91. The van der Waals surface area contributed by atoms with Gasteiger partial charge in [0.25, 0.3) is 0 Å². The highest BCUT2D eigenvalue weighted by Crippen LogP contribution is 2.35. The summed E-state index contributed by atoms with van der Waals surface area (Å²) in [6.07, 6.45) is 1.81.